The quantitative estimate of drug-likeness (QED) is 0.599. The first-order chi connectivity index (χ1) is 13.1. The third-order valence-corrected chi connectivity index (χ3v) is 5.88. The van der Waals surface area contributed by atoms with Crippen LogP contribution in [0.1, 0.15) is 17.4 Å². The molecule has 3 heterocycles. The summed E-state index contributed by atoms with van der Waals surface area (Å²) in [7, 11) is 0. The maximum atomic E-state index is 10.5. The Balaban J connectivity index is 1.46. The second kappa shape index (κ2) is 7.43. The number of thioether (sulfide) groups is 1. The Hall–Kier alpha value is -2.20. The lowest BCUT2D eigenvalue weighted by Gasteiger charge is -2.16. The SMILES string of the molecule is Cc1ccccc1CSC[C@H]1O[C@@H](n2cnc3c(N)ncnc32)[C@H](O)[C@@H]1O. The highest BCUT2D eigenvalue weighted by atomic mass is 32.2. The van der Waals surface area contributed by atoms with Gasteiger partial charge in [-0.2, -0.15) is 11.8 Å². The lowest BCUT2D eigenvalue weighted by atomic mass is 10.1. The number of imidazole rings is 1. The highest BCUT2D eigenvalue weighted by molar-refractivity contribution is 7.98. The van der Waals surface area contributed by atoms with Crippen LogP contribution in [0.4, 0.5) is 5.82 Å². The van der Waals surface area contributed by atoms with E-state index in [1.165, 1.54) is 23.8 Å². The van der Waals surface area contributed by atoms with Crippen LogP contribution in [-0.4, -0.2) is 53.8 Å². The first-order valence-electron chi connectivity index (χ1n) is 8.63. The predicted molar refractivity (Wildman–Crippen MR) is 103 cm³/mol. The Morgan fingerprint density at radius 1 is 1.19 bits per heavy atom. The predicted octanol–water partition coefficient (Wildman–Crippen LogP) is 1.27. The second-order valence-electron chi connectivity index (χ2n) is 6.57. The number of aliphatic hydroxyl groups is 2. The van der Waals surface area contributed by atoms with E-state index in [9.17, 15) is 10.2 Å². The summed E-state index contributed by atoms with van der Waals surface area (Å²) in [5, 5.41) is 20.9. The first-order valence-corrected chi connectivity index (χ1v) is 9.78. The normalized spacial score (nSPS) is 25.3. The summed E-state index contributed by atoms with van der Waals surface area (Å²) >= 11 is 1.66. The van der Waals surface area contributed by atoms with Crippen LogP contribution >= 0.6 is 11.8 Å². The van der Waals surface area contributed by atoms with Gasteiger partial charge in [0.05, 0.1) is 12.4 Å². The molecule has 142 valence electrons. The van der Waals surface area contributed by atoms with Gasteiger partial charge in [-0.1, -0.05) is 24.3 Å². The van der Waals surface area contributed by atoms with E-state index in [4.69, 9.17) is 10.5 Å². The average molecular weight is 387 g/mol. The summed E-state index contributed by atoms with van der Waals surface area (Å²) in [5.74, 6) is 1.64. The van der Waals surface area contributed by atoms with Crippen molar-refractivity contribution in [3.63, 3.8) is 0 Å². The first kappa shape index (κ1) is 18.2. The molecule has 1 saturated heterocycles. The Bertz CT molecular complexity index is 950. The van der Waals surface area contributed by atoms with Crippen molar-refractivity contribution in [3.8, 4) is 0 Å². The molecule has 27 heavy (non-hydrogen) atoms. The number of hydrogen-bond donors (Lipinski definition) is 3. The zero-order chi connectivity index (χ0) is 19.0. The van der Waals surface area contributed by atoms with Gasteiger partial charge in [0.15, 0.2) is 17.7 Å². The van der Waals surface area contributed by atoms with Gasteiger partial charge in [0, 0.05) is 11.5 Å². The van der Waals surface area contributed by atoms with E-state index in [0.717, 1.165) is 5.75 Å². The van der Waals surface area contributed by atoms with Crippen LogP contribution in [0.15, 0.2) is 36.9 Å². The van der Waals surface area contributed by atoms with Crippen molar-refractivity contribution in [2.75, 3.05) is 11.5 Å². The van der Waals surface area contributed by atoms with E-state index < -0.39 is 24.5 Å². The van der Waals surface area contributed by atoms with Gasteiger partial charge >= 0.3 is 0 Å². The summed E-state index contributed by atoms with van der Waals surface area (Å²) in [4.78, 5) is 12.3. The van der Waals surface area contributed by atoms with Gasteiger partial charge in [-0.05, 0) is 18.1 Å². The van der Waals surface area contributed by atoms with E-state index in [1.54, 1.807) is 16.3 Å². The number of aromatic nitrogens is 4. The van der Waals surface area contributed by atoms with E-state index in [1.807, 2.05) is 12.1 Å². The van der Waals surface area contributed by atoms with Crippen LogP contribution in [0.25, 0.3) is 11.2 Å². The molecule has 4 rings (SSSR count). The standard InChI is InChI=1S/C18H21N5O3S/c1-10-4-2-3-5-11(10)6-27-7-12-14(24)15(25)18(26-12)23-9-22-13-16(19)20-8-21-17(13)23/h2-5,8-9,12,14-15,18,24-25H,6-7H2,1H3,(H2,19,20,21)/t12-,14-,15-,18-/m1/s1. The summed E-state index contributed by atoms with van der Waals surface area (Å²) in [6.45, 7) is 2.08. The zero-order valence-corrected chi connectivity index (χ0v) is 15.6. The Kier molecular flexibility index (Phi) is 5.00. The summed E-state index contributed by atoms with van der Waals surface area (Å²) in [5.41, 5.74) is 9.20. The van der Waals surface area contributed by atoms with Crippen LogP contribution < -0.4 is 5.73 Å². The number of anilines is 1. The molecule has 9 heteroatoms. The van der Waals surface area contributed by atoms with Crippen LogP contribution in [0.5, 0.6) is 0 Å². The average Bonchev–Trinajstić information content (AvgIpc) is 3.21. The Labute approximate surface area is 160 Å². The van der Waals surface area contributed by atoms with Gasteiger partial charge < -0.3 is 20.7 Å². The van der Waals surface area contributed by atoms with Crippen molar-refractivity contribution in [1.29, 1.82) is 0 Å². The van der Waals surface area contributed by atoms with Gasteiger partial charge in [0.25, 0.3) is 0 Å². The number of nitrogen functional groups attached to an aromatic ring is 1. The molecule has 0 saturated carbocycles. The van der Waals surface area contributed by atoms with Crippen molar-refractivity contribution in [2.24, 2.45) is 0 Å². The van der Waals surface area contributed by atoms with Crippen LogP contribution in [0, 0.1) is 6.92 Å². The third-order valence-electron chi connectivity index (χ3n) is 4.80. The minimum atomic E-state index is -1.08. The number of rotatable bonds is 5. The van der Waals surface area contributed by atoms with Crippen molar-refractivity contribution >= 4 is 28.7 Å². The molecular weight excluding hydrogens is 366 g/mol. The van der Waals surface area contributed by atoms with E-state index in [2.05, 4.69) is 34.0 Å². The number of aliphatic hydroxyl groups excluding tert-OH is 2. The highest BCUT2D eigenvalue weighted by Crippen LogP contribution is 2.33. The summed E-state index contributed by atoms with van der Waals surface area (Å²) in [6, 6.07) is 8.20. The molecule has 0 unspecified atom stereocenters. The molecule has 8 nitrogen and oxygen atoms in total. The van der Waals surface area contributed by atoms with Crippen LogP contribution in [0.3, 0.4) is 0 Å². The maximum absolute atomic E-state index is 10.5. The lowest BCUT2D eigenvalue weighted by molar-refractivity contribution is -0.0289. The molecule has 1 aliphatic heterocycles. The molecule has 1 aromatic carbocycles. The zero-order valence-electron chi connectivity index (χ0n) is 14.8. The molecule has 1 aliphatic rings. The molecule has 4 atom stereocenters. The Morgan fingerprint density at radius 3 is 2.81 bits per heavy atom. The van der Waals surface area contributed by atoms with E-state index in [-0.39, 0.29) is 5.82 Å². The van der Waals surface area contributed by atoms with Crippen LogP contribution in [0.2, 0.25) is 0 Å². The smallest absolute Gasteiger partial charge is 0.167 e. The minimum Gasteiger partial charge on any atom is -0.387 e. The Morgan fingerprint density at radius 2 is 2.00 bits per heavy atom. The number of fused-ring (bicyclic) bond motifs is 1. The van der Waals surface area contributed by atoms with Crippen molar-refractivity contribution in [3.05, 3.63) is 48.0 Å². The van der Waals surface area contributed by atoms with Crippen molar-refractivity contribution in [2.45, 2.75) is 37.2 Å². The van der Waals surface area contributed by atoms with Gasteiger partial charge in [0.1, 0.15) is 24.1 Å². The molecule has 2 aromatic heterocycles. The van der Waals surface area contributed by atoms with Crippen LogP contribution in [-0.2, 0) is 10.5 Å². The van der Waals surface area contributed by atoms with Crippen molar-refractivity contribution in [1.82, 2.24) is 19.5 Å². The fourth-order valence-corrected chi connectivity index (χ4v) is 4.38. The summed E-state index contributed by atoms with van der Waals surface area (Å²) in [6.07, 6.45) is -0.500. The fourth-order valence-electron chi connectivity index (χ4n) is 3.21. The van der Waals surface area contributed by atoms with Gasteiger partial charge in [-0.25, -0.2) is 15.0 Å². The second-order valence-corrected chi connectivity index (χ2v) is 7.60. The van der Waals surface area contributed by atoms with E-state index >= 15 is 0 Å². The topological polar surface area (TPSA) is 119 Å². The molecule has 0 radical (unpaired) electrons. The fraction of sp³-hybridized carbons (Fsp3) is 0.389. The number of benzene rings is 1. The monoisotopic (exact) mass is 387 g/mol. The van der Waals surface area contributed by atoms with Gasteiger partial charge in [-0.15, -0.1) is 0 Å². The number of hydrogen-bond acceptors (Lipinski definition) is 8. The van der Waals surface area contributed by atoms with Gasteiger partial charge in [-0.3, -0.25) is 4.57 Å². The third kappa shape index (κ3) is 3.39. The molecular formula is C18H21N5O3S. The lowest BCUT2D eigenvalue weighted by Crippen LogP contribution is -2.32. The number of ether oxygens (including phenoxy) is 1. The number of nitrogens with zero attached hydrogens (tertiary/aromatic N) is 4. The highest BCUT2D eigenvalue weighted by Gasteiger charge is 2.44. The minimum absolute atomic E-state index is 0.261. The number of aryl methyl sites for hydroxylation is 1. The molecule has 0 spiro atoms. The van der Waals surface area contributed by atoms with E-state index in [0.29, 0.717) is 16.9 Å². The maximum Gasteiger partial charge on any atom is 0.167 e. The number of nitrogens with two attached hydrogens (primary N) is 1. The molecule has 3 aromatic rings. The molecule has 1 fully saturated rings. The molecule has 0 bridgehead atoms. The van der Waals surface area contributed by atoms with Gasteiger partial charge in [0.2, 0.25) is 0 Å². The summed E-state index contributed by atoms with van der Waals surface area (Å²) < 4.78 is 7.54. The molecule has 4 N–H and O–H groups in total. The largest absolute Gasteiger partial charge is 0.387 e. The van der Waals surface area contributed by atoms with Crippen molar-refractivity contribution < 1.29 is 14.9 Å². The molecule has 0 aliphatic carbocycles. The molecule has 0 amide bonds.